The zero-order valence-corrected chi connectivity index (χ0v) is 18.9. The number of rotatable bonds is 12. The number of benzene rings is 2. The van der Waals surface area contributed by atoms with Gasteiger partial charge >= 0.3 is 0 Å². The molecule has 30 heavy (non-hydrogen) atoms. The molecular weight excluding hydrogens is 396 g/mol. The number of amides is 2. The van der Waals surface area contributed by atoms with Crippen molar-refractivity contribution in [2.45, 2.75) is 45.0 Å². The Kier molecular flexibility index (Phi) is 10.3. The largest absolute Gasteiger partial charge is 0.497 e. The van der Waals surface area contributed by atoms with Crippen molar-refractivity contribution in [3.8, 4) is 5.75 Å². The predicted molar refractivity (Wildman–Crippen MR) is 124 cm³/mol. The van der Waals surface area contributed by atoms with Crippen molar-refractivity contribution < 1.29 is 14.3 Å². The average molecular weight is 429 g/mol. The molecular formula is C24H32N2O3S. The van der Waals surface area contributed by atoms with Gasteiger partial charge in [0.15, 0.2) is 0 Å². The van der Waals surface area contributed by atoms with Gasteiger partial charge in [-0.1, -0.05) is 56.3 Å². The molecule has 0 aromatic heterocycles. The van der Waals surface area contributed by atoms with Crippen molar-refractivity contribution in [1.29, 1.82) is 0 Å². The Morgan fingerprint density at radius 3 is 2.47 bits per heavy atom. The smallest absolute Gasteiger partial charge is 0.242 e. The zero-order chi connectivity index (χ0) is 21.8. The molecule has 0 unspecified atom stereocenters. The molecule has 2 aromatic carbocycles. The third-order valence-corrected chi connectivity index (χ3v) is 5.75. The minimum atomic E-state index is -0.493. The minimum absolute atomic E-state index is 0.0303. The standard InChI is InChI=1S/C24H32N2O3S/c1-4-14-25-24(28)22(5-2)26(16-20-12-9-13-21(15-20)29-3)23(27)18-30-17-19-10-7-6-8-11-19/h6-13,15,22H,4-5,14,16-18H2,1-3H3,(H,25,28)/t22-/m0/s1. The fourth-order valence-electron chi connectivity index (χ4n) is 3.17. The molecule has 2 rings (SSSR count). The van der Waals surface area contributed by atoms with E-state index in [0.29, 0.717) is 25.3 Å². The van der Waals surface area contributed by atoms with E-state index in [4.69, 9.17) is 4.74 Å². The van der Waals surface area contributed by atoms with Gasteiger partial charge in [0.2, 0.25) is 11.8 Å². The molecule has 5 nitrogen and oxygen atoms in total. The van der Waals surface area contributed by atoms with Crippen molar-refractivity contribution in [2.75, 3.05) is 19.4 Å². The summed E-state index contributed by atoms with van der Waals surface area (Å²) < 4.78 is 5.31. The molecule has 1 atom stereocenters. The van der Waals surface area contributed by atoms with Gasteiger partial charge in [0, 0.05) is 18.8 Å². The third kappa shape index (κ3) is 7.41. The Hall–Kier alpha value is -2.47. The number of nitrogens with one attached hydrogen (secondary N) is 1. The average Bonchev–Trinajstić information content (AvgIpc) is 2.78. The SMILES string of the molecule is CCCNC(=O)[C@H](CC)N(Cc1cccc(OC)c1)C(=O)CSCc1ccccc1. The van der Waals surface area contributed by atoms with Gasteiger partial charge in [-0.2, -0.15) is 0 Å². The fourth-order valence-corrected chi connectivity index (χ4v) is 4.04. The molecule has 0 saturated carbocycles. The van der Waals surface area contributed by atoms with Gasteiger partial charge in [-0.05, 0) is 36.1 Å². The van der Waals surface area contributed by atoms with E-state index in [9.17, 15) is 9.59 Å². The summed E-state index contributed by atoms with van der Waals surface area (Å²) in [7, 11) is 1.62. The molecule has 6 heteroatoms. The third-order valence-electron chi connectivity index (χ3n) is 4.76. The maximum atomic E-state index is 13.2. The number of ether oxygens (including phenoxy) is 1. The summed E-state index contributed by atoms with van der Waals surface area (Å²) in [4.78, 5) is 27.6. The van der Waals surface area contributed by atoms with Gasteiger partial charge in [0.25, 0.3) is 0 Å². The molecule has 0 saturated heterocycles. The molecule has 0 fully saturated rings. The quantitative estimate of drug-likeness (QED) is 0.549. The minimum Gasteiger partial charge on any atom is -0.497 e. The number of hydrogen-bond acceptors (Lipinski definition) is 4. The van der Waals surface area contributed by atoms with Crippen molar-refractivity contribution >= 4 is 23.6 Å². The number of hydrogen-bond donors (Lipinski definition) is 1. The molecule has 0 heterocycles. The van der Waals surface area contributed by atoms with Gasteiger partial charge in [-0.3, -0.25) is 9.59 Å². The molecule has 162 valence electrons. The number of thioether (sulfide) groups is 1. The maximum Gasteiger partial charge on any atom is 0.242 e. The summed E-state index contributed by atoms with van der Waals surface area (Å²) >= 11 is 1.57. The van der Waals surface area contributed by atoms with Crippen molar-refractivity contribution in [3.63, 3.8) is 0 Å². The molecule has 0 spiro atoms. The summed E-state index contributed by atoms with van der Waals surface area (Å²) in [5.41, 5.74) is 2.12. The van der Waals surface area contributed by atoms with E-state index in [2.05, 4.69) is 17.4 Å². The second-order valence-electron chi connectivity index (χ2n) is 7.07. The van der Waals surface area contributed by atoms with Gasteiger partial charge in [0.1, 0.15) is 11.8 Å². The van der Waals surface area contributed by atoms with Crippen LogP contribution in [0.25, 0.3) is 0 Å². The van der Waals surface area contributed by atoms with Crippen molar-refractivity contribution in [2.24, 2.45) is 0 Å². The predicted octanol–water partition coefficient (Wildman–Crippen LogP) is 4.26. The van der Waals surface area contributed by atoms with Crippen LogP contribution in [0.15, 0.2) is 54.6 Å². The number of nitrogens with zero attached hydrogens (tertiary/aromatic N) is 1. The summed E-state index contributed by atoms with van der Waals surface area (Å²) in [6, 6.07) is 17.2. The van der Waals surface area contributed by atoms with Crippen LogP contribution in [-0.2, 0) is 21.9 Å². The molecule has 0 bridgehead atoms. The molecule has 0 aliphatic rings. The van der Waals surface area contributed by atoms with Gasteiger partial charge < -0.3 is 15.0 Å². The summed E-state index contributed by atoms with van der Waals surface area (Å²) in [5, 5.41) is 2.94. The number of carbonyl (C=O) groups excluding carboxylic acids is 2. The molecule has 2 amide bonds. The molecule has 2 aromatic rings. The van der Waals surface area contributed by atoms with E-state index < -0.39 is 6.04 Å². The van der Waals surface area contributed by atoms with E-state index in [0.717, 1.165) is 23.5 Å². The van der Waals surface area contributed by atoms with Crippen LogP contribution in [0.5, 0.6) is 5.75 Å². The highest BCUT2D eigenvalue weighted by Crippen LogP contribution is 2.19. The fraction of sp³-hybridized carbons (Fsp3) is 0.417. The van der Waals surface area contributed by atoms with E-state index in [1.54, 1.807) is 23.8 Å². The first kappa shape index (κ1) is 23.8. The van der Waals surface area contributed by atoms with Crippen LogP contribution in [0, 0.1) is 0 Å². The first-order chi connectivity index (χ1) is 14.6. The lowest BCUT2D eigenvalue weighted by atomic mass is 10.1. The zero-order valence-electron chi connectivity index (χ0n) is 18.1. The van der Waals surface area contributed by atoms with E-state index in [1.165, 1.54) is 5.56 Å². The van der Waals surface area contributed by atoms with Crippen LogP contribution in [0.4, 0.5) is 0 Å². The maximum absolute atomic E-state index is 13.2. The molecule has 0 aliphatic carbocycles. The van der Waals surface area contributed by atoms with Crippen molar-refractivity contribution in [3.05, 3.63) is 65.7 Å². The Balaban J connectivity index is 2.13. The normalized spacial score (nSPS) is 11.6. The van der Waals surface area contributed by atoms with Crippen LogP contribution in [0.3, 0.4) is 0 Å². The number of carbonyl (C=O) groups is 2. The second-order valence-corrected chi connectivity index (χ2v) is 8.05. The summed E-state index contributed by atoms with van der Waals surface area (Å²) in [6.45, 7) is 4.94. The Morgan fingerprint density at radius 2 is 1.80 bits per heavy atom. The van der Waals surface area contributed by atoms with Crippen LogP contribution >= 0.6 is 11.8 Å². The number of methoxy groups -OCH3 is 1. The molecule has 0 radical (unpaired) electrons. The lowest BCUT2D eigenvalue weighted by Crippen LogP contribution is -2.49. The van der Waals surface area contributed by atoms with Gasteiger partial charge in [-0.25, -0.2) is 0 Å². The van der Waals surface area contributed by atoms with Gasteiger partial charge in [0.05, 0.1) is 12.9 Å². The van der Waals surface area contributed by atoms with Crippen LogP contribution in [0.1, 0.15) is 37.8 Å². The summed E-state index contributed by atoms with van der Waals surface area (Å²) in [6.07, 6.45) is 1.42. The highest BCUT2D eigenvalue weighted by Gasteiger charge is 2.28. The monoisotopic (exact) mass is 428 g/mol. The highest BCUT2D eigenvalue weighted by molar-refractivity contribution is 7.99. The van der Waals surface area contributed by atoms with Crippen LogP contribution in [-0.4, -0.2) is 42.2 Å². The van der Waals surface area contributed by atoms with Gasteiger partial charge in [-0.15, -0.1) is 11.8 Å². The van der Waals surface area contributed by atoms with Crippen LogP contribution < -0.4 is 10.1 Å². The van der Waals surface area contributed by atoms with E-state index in [1.807, 2.05) is 56.3 Å². The lowest BCUT2D eigenvalue weighted by Gasteiger charge is -2.30. The lowest BCUT2D eigenvalue weighted by molar-refractivity contribution is -0.139. The first-order valence-corrected chi connectivity index (χ1v) is 11.6. The Bertz CT molecular complexity index is 798. The second kappa shape index (κ2) is 13.0. The summed E-state index contributed by atoms with van der Waals surface area (Å²) in [5.74, 6) is 1.71. The Morgan fingerprint density at radius 1 is 1.07 bits per heavy atom. The topological polar surface area (TPSA) is 58.6 Å². The molecule has 1 N–H and O–H groups in total. The molecule has 0 aliphatic heterocycles. The van der Waals surface area contributed by atoms with Crippen molar-refractivity contribution in [1.82, 2.24) is 10.2 Å². The first-order valence-electron chi connectivity index (χ1n) is 10.4. The Labute approximate surface area is 184 Å². The van der Waals surface area contributed by atoms with Crippen LogP contribution in [0.2, 0.25) is 0 Å². The van der Waals surface area contributed by atoms with E-state index in [-0.39, 0.29) is 11.8 Å². The highest BCUT2D eigenvalue weighted by atomic mass is 32.2. The van der Waals surface area contributed by atoms with E-state index >= 15 is 0 Å².